The minimum atomic E-state index is -5.42. The summed E-state index contributed by atoms with van der Waals surface area (Å²) in [6.45, 7) is 0. The van der Waals surface area contributed by atoms with Crippen molar-refractivity contribution in [3.63, 3.8) is 0 Å². The monoisotopic (exact) mass is 332 g/mol. The highest BCUT2D eigenvalue weighted by Crippen LogP contribution is 2.59. The fourth-order valence-corrected chi connectivity index (χ4v) is 2.89. The molecule has 0 saturated heterocycles. The van der Waals surface area contributed by atoms with E-state index >= 15 is 0 Å². The lowest BCUT2D eigenvalue weighted by atomic mass is 10.3. The summed E-state index contributed by atoms with van der Waals surface area (Å²) in [7, 11) is -10.2. The normalized spacial score (nSPS) is 17.2. The second-order valence-electron chi connectivity index (χ2n) is 2.91. The molecule has 1 aromatic carbocycles. The molecule has 0 spiro atoms. The molecular weight excluding hydrogens is 327 g/mol. The van der Waals surface area contributed by atoms with Crippen LogP contribution < -0.4 is 9.42 Å². The highest BCUT2D eigenvalue weighted by Gasteiger charge is 2.33. The Morgan fingerprint density at radius 3 is 2.16 bits per heavy atom. The van der Waals surface area contributed by atoms with Gasteiger partial charge in [-0.1, -0.05) is 0 Å². The van der Waals surface area contributed by atoms with Crippen molar-refractivity contribution in [2.75, 3.05) is 0 Å². The van der Waals surface area contributed by atoms with Gasteiger partial charge in [-0.05, 0) is 12.1 Å². The van der Waals surface area contributed by atoms with E-state index in [9.17, 15) is 24.1 Å². The lowest BCUT2D eigenvalue weighted by Crippen LogP contribution is -2.05. The predicted octanol–water partition coefficient (Wildman–Crippen LogP) is 1.73. The van der Waals surface area contributed by atoms with E-state index in [0.717, 1.165) is 24.3 Å². The second kappa shape index (κ2) is 5.98. The number of hydrogen-bond acceptors (Lipinski definition) is 8. The fourth-order valence-electron chi connectivity index (χ4n) is 0.928. The molecule has 19 heavy (non-hydrogen) atoms. The molecular formula is C6H5ClNO9P2-. The van der Waals surface area contributed by atoms with E-state index in [0.29, 0.717) is 0 Å². The summed E-state index contributed by atoms with van der Waals surface area (Å²) in [5, 5.41) is 10.4. The molecule has 0 aliphatic carbocycles. The Hall–Kier alpha value is -0.990. The van der Waals surface area contributed by atoms with Gasteiger partial charge >= 0.3 is 7.82 Å². The number of nitro groups is 1. The number of benzene rings is 1. The summed E-state index contributed by atoms with van der Waals surface area (Å²) in [6, 6.07) is 3.97. The summed E-state index contributed by atoms with van der Waals surface area (Å²) in [6.07, 6.45) is 0. The molecule has 0 aliphatic rings. The first-order valence-corrected chi connectivity index (χ1v) is 7.51. The fraction of sp³-hybridized carbons (Fsp3) is 0. The lowest BCUT2D eigenvalue weighted by Gasteiger charge is -2.20. The van der Waals surface area contributed by atoms with Crippen molar-refractivity contribution in [3.8, 4) is 5.75 Å². The maximum Gasteiger partial charge on any atom is 0.553 e. The third kappa shape index (κ3) is 5.25. The lowest BCUT2D eigenvalue weighted by molar-refractivity contribution is -0.384. The first kappa shape index (κ1) is 16.1. The summed E-state index contributed by atoms with van der Waals surface area (Å²) < 4.78 is 33.8. The SMILES string of the molecule is O=[N+]([O-])c1ccc(OP(=O)(OCl)OP(=O)([O-])O)cc1. The molecule has 0 bridgehead atoms. The number of nitrogens with zero attached hydrogens (tertiary/aromatic N) is 1. The van der Waals surface area contributed by atoms with Crippen LogP contribution in [0.1, 0.15) is 0 Å². The van der Waals surface area contributed by atoms with Gasteiger partial charge in [0.15, 0.2) is 0 Å². The van der Waals surface area contributed by atoms with Crippen LogP contribution in [0.4, 0.5) is 5.69 Å². The van der Waals surface area contributed by atoms with Crippen LogP contribution in [0.15, 0.2) is 24.3 Å². The zero-order valence-electron chi connectivity index (χ0n) is 8.74. The van der Waals surface area contributed by atoms with E-state index in [1.54, 1.807) is 0 Å². The Kier molecular flexibility index (Phi) is 5.05. The molecule has 0 amide bonds. The molecule has 0 heterocycles. The van der Waals surface area contributed by atoms with E-state index in [-0.39, 0.29) is 11.4 Å². The van der Waals surface area contributed by atoms with E-state index in [4.69, 9.17) is 16.8 Å². The van der Waals surface area contributed by atoms with Crippen molar-refractivity contribution in [3.05, 3.63) is 34.4 Å². The van der Waals surface area contributed by atoms with Crippen molar-refractivity contribution in [2.45, 2.75) is 0 Å². The molecule has 1 aromatic rings. The van der Waals surface area contributed by atoms with Gasteiger partial charge in [0, 0.05) is 12.1 Å². The van der Waals surface area contributed by atoms with Crippen LogP contribution in [0.3, 0.4) is 0 Å². The molecule has 106 valence electrons. The largest absolute Gasteiger partial charge is 0.756 e. The minimum Gasteiger partial charge on any atom is -0.756 e. The van der Waals surface area contributed by atoms with Gasteiger partial charge in [0.1, 0.15) is 5.75 Å². The summed E-state index contributed by atoms with van der Waals surface area (Å²) in [5.74, 6) is -0.289. The van der Waals surface area contributed by atoms with E-state index < -0.39 is 20.6 Å². The smallest absolute Gasteiger partial charge is 0.553 e. The number of non-ortho nitro benzene ring substituents is 1. The first-order chi connectivity index (χ1) is 8.65. The average molecular weight is 333 g/mol. The number of halogens is 1. The standard InChI is InChI=1S/C6H6ClNO9P2/c7-16-19(14,17-18(11,12)13)15-6-3-1-5(2-4-6)8(9)10/h1-4H,(H2,11,12,13)/p-1. The molecule has 0 aromatic heterocycles. The van der Waals surface area contributed by atoms with E-state index in [1.165, 1.54) is 0 Å². The molecule has 1 N–H and O–H groups in total. The third-order valence-corrected chi connectivity index (χ3v) is 4.29. The first-order valence-electron chi connectivity index (χ1n) is 4.25. The van der Waals surface area contributed by atoms with Crippen LogP contribution in [-0.4, -0.2) is 9.82 Å². The van der Waals surface area contributed by atoms with Crippen LogP contribution in [0.5, 0.6) is 5.75 Å². The topological polar surface area (TPSA) is 148 Å². The van der Waals surface area contributed by atoms with Gasteiger partial charge in [-0.2, -0.15) is 4.08 Å². The molecule has 2 atom stereocenters. The number of nitro benzene ring substituents is 1. The number of rotatable bonds is 6. The summed E-state index contributed by atoms with van der Waals surface area (Å²) in [5.41, 5.74) is -0.286. The Bertz CT molecular complexity index is 554. The van der Waals surface area contributed by atoms with Crippen molar-refractivity contribution >= 4 is 33.2 Å². The van der Waals surface area contributed by atoms with Gasteiger partial charge in [-0.15, -0.1) is 0 Å². The van der Waals surface area contributed by atoms with Crippen LogP contribution in [0, 0.1) is 10.1 Å². The highest BCUT2D eigenvalue weighted by molar-refractivity contribution is 7.61. The summed E-state index contributed by atoms with van der Waals surface area (Å²) >= 11 is 4.75. The zero-order valence-corrected chi connectivity index (χ0v) is 11.3. The van der Waals surface area contributed by atoms with E-state index in [1.807, 2.05) is 0 Å². The quantitative estimate of drug-likeness (QED) is 0.466. The van der Waals surface area contributed by atoms with Crippen LogP contribution in [0.25, 0.3) is 0 Å². The van der Waals surface area contributed by atoms with Crippen molar-refractivity contribution < 1.29 is 36.8 Å². The number of phosphoric acid groups is 2. The Morgan fingerprint density at radius 2 is 1.79 bits per heavy atom. The van der Waals surface area contributed by atoms with Gasteiger partial charge in [0.05, 0.1) is 16.8 Å². The van der Waals surface area contributed by atoms with Gasteiger partial charge in [0.2, 0.25) is 0 Å². The molecule has 0 fully saturated rings. The minimum absolute atomic E-state index is 0.286. The molecule has 10 nitrogen and oxygen atoms in total. The van der Waals surface area contributed by atoms with Gasteiger partial charge in [-0.25, -0.2) is 8.88 Å². The van der Waals surface area contributed by atoms with Crippen LogP contribution in [-0.2, 0) is 17.5 Å². The van der Waals surface area contributed by atoms with Crippen molar-refractivity contribution in [2.24, 2.45) is 0 Å². The Balaban J connectivity index is 2.90. The molecule has 0 saturated carbocycles. The second-order valence-corrected chi connectivity index (χ2v) is 6.13. The molecule has 0 aliphatic heterocycles. The number of hydrogen-bond donors (Lipinski definition) is 1. The van der Waals surface area contributed by atoms with Crippen LogP contribution in [0.2, 0.25) is 0 Å². The maximum atomic E-state index is 11.5. The highest BCUT2D eigenvalue weighted by atomic mass is 35.5. The zero-order chi connectivity index (χ0) is 14.7. The Labute approximate surface area is 111 Å². The molecule has 2 unspecified atom stereocenters. The van der Waals surface area contributed by atoms with Crippen molar-refractivity contribution in [1.82, 2.24) is 0 Å². The molecule has 0 radical (unpaired) electrons. The van der Waals surface area contributed by atoms with Crippen LogP contribution >= 0.6 is 27.5 Å². The summed E-state index contributed by atoms with van der Waals surface area (Å²) in [4.78, 5) is 28.5. The molecule has 13 heteroatoms. The molecule has 1 rings (SSSR count). The Morgan fingerprint density at radius 1 is 1.26 bits per heavy atom. The van der Waals surface area contributed by atoms with Crippen molar-refractivity contribution in [1.29, 1.82) is 0 Å². The predicted molar refractivity (Wildman–Crippen MR) is 59.2 cm³/mol. The maximum absolute atomic E-state index is 11.5. The van der Waals surface area contributed by atoms with E-state index in [2.05, 4.69) is 12.9 Å². The van der Waals surface area contributed by atoms with Gasteiger partial charge in [-0.3, -0.25) is 14.7 Å². The average Bonchev–Trinajstić information content (AvgIpc) is 2.27. The third-order valence-electron chi connectivity index (χ3n) is 1.55. The van der Waals surface area contributed by atoms with Gasteiger partial charge < -0.3 is 14.3 Å². The van der Waals surface area contributed by atoms with Gasteiger partial charge in [0.25, 0.3) is 13.5 Å².